The lowest BCUT2D eigenvalue weighted by Crippen LogP contribution is -2.18. The summed E-state index contributed by atoms with van der Waals surface area (Å²) in [6.45, 7) is 1.84. The van der Waals surface area contributed by atoms with Gasteiger partial charge >= 0.3 is 0 Å². The van der Waals surface area contributed by atoms with Crippen LogP contribution in [0.3, 0.4) is 0 Å². The van der Waals surface area contributed by atoms with Crippen LogP contribution in [-0.4, -0.2) is 18.0 Å². The fraction of sp³-hybridized carbons (Fsp3) is 0.400. The van der Waals surface area contributed by atoms with Gasteiger partial charge in [0.1, 0.15) is 5.69 Å². The van der Waals surface area contributed by atoms with E-state index >= 15 is 0 Å². The zero-order chi connectivity index (χ0) is 10.8. The molecule has 0 N–H and O–H groups in total. The summed E-state index contributed by atoms with van der Waals surface area (Å²) in [6, 6.07) is 5.22. The van der Waals surface area contributed by atoms with Crippen molar-refractivity contribution in [3.8, 4) is 0 Å². The van der Waals surface area contributed by atoms with Crippen molar-refractivity contribution in [2.24, 2.45) is 0 Å². The topological polar surface area (TPSA) is 46.4 Å². The minimum Gasteiger partial charge on any atom is -0.366 e. The predicted octanol–water partition coefficient (Wildman–Crippen LogP) is 2.96. The van der Waals surface area contributed by atoms with Crippen LogP contribution in [0, 0.1) is 10.1 Å². The summed E-state index contributed by atoms with van der Waals surface area (Å²) in [6.07, 6.45) is 2.24. The van der Waals surface area contributed by atoms with Gasteiger partial charge in [-0.25, -0.2) is 0 Å². The Hall–Kier alpha value is -1.10. The van der Waals surface area contributed by atoms with E-state index < -0.39 is 0 Å². The normalized spacial score (nSPS) is 15.7. The third-order valence-electron chi connectivity index (χ3n) is 2.58. The molecule has 0 amide bonds. The van der Waals surface area contributed by atoms with Gasteiger partial charge in [-0.15, -0.1) is 0 Å². The van der Waals surface area contributed by atoms with Gasteiger partial charge in [-0.1, -0.05) is 15.9 Å². The van der Waals surface area contributed by atoms with Crippen molar-refractivity contribution in [1.82, 2.24) is 0 Å². The Morgan fingerprint density at radius 1 is 1.33 bits per heavy atom. The van der Waals surface area contributed by atoms with E-state index in [1.165, 1.54) is 0 Å². The molecule has 0 unspecified atom stereocenters. The van der Waals surface area contributed by atoms with Gasteiger partial charge in [0.05, 0.1) is 4.92 Å². The molecule has 1 saturated heterocycles. The highest BCUT2D eigenvalue weighted by Crippen LogP contribution is 2.32. The van der Waals surface area contributed by atoms with Gasteiger partial charge in [-0.05, 0) is 25.0 Å². The molecule has 4 nitrogen and oxygen atoms in total. The third kappa shape index (κ3) is 2.12. The highest BCUT2D eigenvalue weighted by molar-refractivity contribution is 9.10. The first-order valence-electron chi connectivity index (χ1n) is 4.87. The van der Waals surface area contributed by atoms with E-state index in [2.05, 4.69) is 20.8 Å². The number of benzene rings is 1. The number of hydrogen-bond donors (Lipinski definition) is 0. The summed E-state index contributed by atoms with van der Waals surface area (Å²) in [5.74, 6) is 0. The largest absolute Gasteiger partial charge is 0.366 e. The zero-order valence-electron chi connectivity index (χ0n) is 8.15. The van der Waals surface area contributed by atoms with Crippen molar-refractivity contribution in [2.75, 3.05) is 18.0 Å². The first-order valence-corrected chi connectivity index (χ1v) is 5.66. The van der Waals surface area contributed by atoms with Crippen molar-refractivity contribution in [3.05, 3.63) is 32.8 Å². The molecular formula is C10H11BrN2O2. The van der Waals surface area contributed by atoms with Gasteiger partial charge in [0.2, 0.25) is 0 Å². The van der Waals surface area contributed by atoms with Crippen LogP contribution >= 0.6 is 15.9 Å². The number of rotatable bonds is 2. The molecule has 0 spiro atoms. The maximum atomic E-state index is 10.9. The van der Waals surface area contributed by atoms with Gasteiger partial charge in [0.25, 0.3) is 5.69 Å². The maximum Gasteiger partial charge on any atom is 0.293 e. The van der Waals surface area contributed by atoms with Crippen molar-refractivity contribution >= 4 is 27.3 Å². The van der Waals surface area contributed by atoms with Crippen LogP contribution in [0.1, 0.15) is 12.8 Å². The molecule has 0 bridgehead atoms. The van der Waals surface area contributed by atoms with Crippen LogP contribution in [0.5, 0.6) is 0 Å². The second-order valence-electron chi connectivity index (χ2n) is 3.58. The Balaban J connectivity index is 2.40. The summed E-state index contributed by atoms with van der Waals surface area (Å²) in [5, 5.41) is 10.9. The molecule has 1 aliphatic heterocycles. The van der Waals surface area contributed by atoms with E-state index in [-0.39, 0.29) is 10.6 Å². The van der Waals surface area contributed by atoms with Gasteiger partial charge in [-0.3, -0.25) is 10.1 Å². The number of nitrogens with zero attached hydrogens (tertiary/aromatic N) is 2. The number of nitro benzene ring substituents is 1. The summed E-state index contributed by atoms with van der Waals surface area (Å²) >= 11 is 3.25. The maximum absolute atomic E-state index is 10.9. The minimum atomic E-state index is -0.321. The molecule has 0 radical (unpaired) electrons. The molecular weight excluding hydrogens is 260 g/mol. The molecule has 1 heterocycles. The zero-order valence-corrected chi connectivity index (χ0v) is 9.74. The fourth-order valence-corrected chi connectivity index (χ4v) is 2.22. The van der Waals surface area contributed by atoms with Crippen LogP contribution in [0.4, 0.5) is 11.4 Å². The van der Waals surface area contributed by atoms with E-state index in [1.54, 1.807) is 6.07 Å². The molecule has 15 heavy (non-hydrogen) atoms. The Bertz CT molecular complexity index is 389. The molecule has 0 atom stereocenters. The summed E-state index contributed by atoms with van der Waals surface area (Å²) in [4.78, 5) is 12.6. The van der Waals surface area contributed by atoms with Crippen molar-refractivity contribution < 1.29 is 4.92 Å². The molecule has 0 aromatic heterocycles. The standard InChI is InChI=1S/C10H11BrN2O2/c11-8-3-4-9(10(7-8)13(14)15)12-5-1-2-6-12/h3-4,7H,1-2,5-6H2. The fourth-order valence-electron chi connectivity index (χ4n) is 1.87. The number of nitro groups is 1. The van der Waals surface area contributed by atoms with Gasteiger partial charge in [-0.2, -0.15) is 0 Å². The van der Waals surface area contributed by atoms with Crippen molar-refractivity contribution in [1.29, 1.82) is 0 Å². The second-order valence-corrected chi connectivity index (χ2v) is 4.50. The molecule has 1 aromatic carbocycles. The monoisotopic (exact) mass is 270 g/mol. The molecule has 5 heteroatoms. The van der Waals surface area contributed by atoms with Crippen molar-refractivity contribution in [2.45, 2.75) is 12.8 Å². The average molecular weight is 271 g/mol. The lowest BCUT2D eigenvalue weighted by atomic mass is 10.2. The summed E-state index contributed by atoms with van der Waals surface area (Å²) in [7, 11) is 0. The van der Waals surface area contributed by atoms with E-state index in [0.29, 0.717) is 0 Å². The first kappa shape index (κ1) is 10.4. The average Bonchev–Trinajstić information content (AvgIpc) is 2.70. The molecule has 1 aliphatic rings. The molecule has 1 aromatic rings. The Kier molecular flexibility index (Phi) is 2.90. The molecule has 80 valence electrons. The van der Waals surface area contributed by atoms with Crippen LogP contribution in [0.15, 0.2) is 22.7 Å². The van der Waals surface area contributed by atoms with E-state index in [9.17, 15) is 10.1 Å². The van der Waals surface area contributed by atoms with Gasteiger partial charge < -0.3 is 4.90 Å². The Morgan fingerprint density at radius 2 is 2.00 bits per heavy atom. The Morgan fingerprint density at radius 3 is 2.60 bits per heavy atom. The molecule has 0 aliphatic carbocycles. The van der Waals surface area contributed by atoms with E-state index in [1.807, 2.05) is 12.1 Å². The van der Waals surface area contributed by atoms with Crippen molar-refractivity contribution in [3.63, 3.8) is 0 Å². The first-order chi connectivity index (χ1) is 7.18. The highest BCUT2D eigenvalue weighted by Gasteiger charge is 2.21. The quantitative estimate of drug-likeness (QED) is 0.613. The minimum absolute atomic E-state index is 0.186. The smallest absolute Gasteiger partial charge is 0.293 e. The Labute approximate surface area is 96.2 Å². The third-order valence-corrected chi connectivity index (χ3v) is 3.07. The summed E-state index contributed by atoms with van der Waals surface area (Å²) in [5.41, 5.74) is 0.923. The number of halogens is 1. The second kappa shape index (κ2) is 4.18. The van der Waals surface area contributed by atoms with Gasteiger partial charge in [0, 0.05) is 23.6 Å². The number of anilines is 1. The molecule has 2 rings (SSSR count). The molecule has 0 saturated carbocycles. The number of hydrogen-bond acceptors (Lipinski definition) is 3. The van der Waals surface area contributed by atoms with Crippen LogP contribution < -0.4 is 4.90 Å². The molecule has 1 fully saturated rings. The van der Waals surface area contributed by atoms with Gasteiger partial charge in [0.15, 0.2) is 0 Å². The van der Waals surface area contributed by atoms with E-state index in [4.69, 9.17) is 0 Å². The summed E-state index contributed by atoms with van der Waals surface area (Å²) < 4.78 is 0.747. The lowest BCUT2D eigenvalue weighted by Gasteiger charge is -2.17. The predicted molar refractivity (Wildman–Crippen MR) is 62.2 cm³/mol. The SMILES string of the molecule is O=[N+]([O-])c1cc(Br)ccc1N1CCCC1. The lowest BCUT2D eigenvalue weighted by molar-refractivity contribution is -0.384. The van der Waals surface area contributed by atoms with E-state index in [0.717, 1.165) is 36.1 Å². The van der Waals surface area contributed by atoms with Crippen LogP contribution in [-0.2, 0) is 0 Å². The highest BCUT2D eigenvalue weighted by atomic mass is 79.9. The van der Waals surface area contributed by atoms with Crippen LogP contribution in [0.25, 0.3) is 0 Å². The van der Waals surface area contributed by atoms with Crippen LogP contribution in [0.2, 0.25) is 0 Å².